The summed E-state index contributed by atoms with van der Waals surface area (Å²) in [5.74, 6) is -3.37. The quantitative estimate of drug-likeness (QED) is 0.0649. The third-order valence-corrected chi connectivity index (χ3v) is 21.2. The highest BCUT2D eigenvalue weighted by Gasteiger charge is 2.35. The summed E-state index contributed by atoms with van der Waals surface area (Å²) in [5.41, 5.74) is 7.10. The Morgan fingerprint density at radius 2 is 0.697 bits per heavy atom. The first-order chi connectivity index (χ1) is 52.5. The number of anilines is 3. The summed E-state index contributed by atoms with van der Waals surface area (Å²) < 4.78 is 60.9. The molecule has 0 bridgehead atoms. The molecule has 11 aromatic rings. The highest BCUT2D eigenvalue weighted by Crippen LogP contribution is 2.36. The molecule has 3 fully saturated rings. The minimum atomic E-state index is -0.719. The smallest absolute Gasteiger partial charge is 0.345 e. The number of nitrogens with zero attached hydrogens (tertiary/aromatic N) is 9. The zero-order valence-electron chi connectivity index (χ0n) is 61.5. The molecule has 3 saturated heterocycles. The summed E-state index contributed by atoms with van der Waals surface area (Å²) in [6, 6.07) is 41.9. The van der Waals surface area contributed by atoms with E-state index in [0.29, 0.717) is 128 Å². The second kappa shape index (κ2) is 34.1. The van der Waals surface area contributed by atoms with Gasteiger partial charge in [0.05, 0.1) is 76.3 Å². The molecule has 3 aliphatic rings. The molecule has 5 aromatic heterocycles. The number of thiophene rings is 2. The summed E-state index contributed by atoms with van der Waals surface area (Å²) in [6.45, 7) is 17.1. The van der Waals surface area contributed by atoms with Gasteiger partial charge in [-0.25, -0.2) is 27.6 Å². The van der Waals surface area contributed by atoms with Gasteiger partial charge in [0.1, 0.15) is 34.1 Å². The van der Waals surface area contributed by atoms with Crippen LogP contribution in [0, 0.1) is 38.2 Å². The van der Waals surface area contributed by atoms with Crippen molar-refractivity contribution < 1.29 is 56.1 Å². The molecule has 0 atom stereocenters. The number of piperazine rings is 3. The number of pyridine rings is 3. The van der Waals surface area contributed by atoms with Crippen molar-refractivity contribution in [1.82, 2.24) is 28.4 Å². The van der Waals surface area contributed by atoms with Crippen molar-refractivity contribution in [3.05, 3.63) is 271 Å². The van der Waals surface area contributed by atoms with Crippen LogP contribution in [0.3, 0.4) is 0 Å². The van der Waals surface area contributed by atoms with Crippen molar-refractivity contribution in [2.45, 2.75) is 54.6 Å². The Morgan fingerprint density at radius 1 is 0.385 bits per heavy atom. The lowest BCUT2D eigenvalue weighted by Crippen LogP contribution is -2.49. The van der Waals surface area contributed by atoms with Gasteiger partial charge in [0.15, 0.2) is 0 Å². The number of fused-ring (bicyclic) bond motifs is 3. The van der Waals surface area contributed by atoms with Gasteiger partial charge in [-0.1, -0.05) is 71.3 Å². The van der Waals surface area contributed by atoms with Crippen LogP contribution in [0.15, 0.2) is 177 Å². The number of carbonyl (C=O) groups excluding carboxylic acids is 6. The average molecular weight is 1520 g/mol. The number of aromatic nitrogens is 3. The maximum absolute atomic E-state index is 14.0. The van der Waals surface area contributed by atoms with Crippen molar-refractivity contribution in [2.75, 3.05) is 113 Å². The Bertz CT molecular complexity index is 5420. The molecule has 21 nitrogen and oxygen atoms in total. The fourth-order valence-electron chi connectivity index (χ4n) is 14.0. The lowest BCUT2D eigenvalue weighted by molar-refractivity contribution is 0.0514. The van der Waals surface area contributed by atoms with E-state index in [1.54, 1.807) is 66.5 Å². The SMILES string of the molecule is CCOC(=O)c1c(N2CCN(C(=O)c3ccc(F)cc3)CC2)c2cc(C)ccc2n(Cc2ccc(F)cc2)c1=O.CCOC(=O)c1c(N2CCN(C(=O)c3cccs3)CC2)c2cc(C)ccc2n(C)c1=O.CCOC(=O)c1c(N2CCN(C(=O)c3cccs3)CC2)c2cc(C)ccc2n(Cc2ccc(F)cc2)c1=O. The molecule has 0 aliphatic carbocycles. The third kappa shape index (κ3) is 16.7. The third-order valence-electron chi connectivity index (χ3n) is 19.5. The van der Waals surface area contributed by atoms with Gasteiger partial charge in [0.25, 0.3) is 34.4 Å². The second-order valence-corrected chi connectivity index (χ2v) is 28.5. The van der Waals surface area contributed by atoms with E-state index in [4.69, 9.17) is 14.2 Å². The normalized spacial score (nSPS) is 13.7. The van der Waals surface area contributed by atoms with Crippen LogP contribution >= 0.6 is 22.7 Å². The van der Waals surface area contributed by atoms with E-state index in [1.807, 2.05) is 130 Å². The van der Waals surface area contributed by atoms with Gasteiger partial charge in [-0.15, -0.1) is 22.7 Å². The van der Waals surface area contributed by atoms with Crippen LogP contribution in [0.2, 0.25) is 0 Å². The summed E-state index contributed by atoms with van der Waals surface area (Å²) >= 11 is 2.84. The molecule has 0 unspecified atom stereocenters. The Balaban J connectivity index is 0.000000154. The standard InChI is InChI=1S/C31H29F2N3O4.C29H28FN3O4S.C23H25N3O4S/c1-3-40-31(39)27-28(34-14-16-35(17-15-34)29(37)22-7-11-24(33)12-8-22)25-18-20(2)4-13-26(25)36(30(27)38)19-21-5-9-23(32)10-6-21;1-3-37-29(36)25-26(31-12-14-32(15-13-31)27(34)24-5-4-16-38-24)22-17-19(2)6-11-23(22)33(28(25)35)18-20-7-9-21(30)10-8-20;1-4-30-23(29)19-20(16-14-15(2)7-8-17(16)24(3)22(19)28)25-9-11-26(12-10-25)21(27)18-6-5-13-31-18/h4-13,18H,3,14-17,19H2,1-2H3;4-11,16-17H,3,12-15,18H2,1-2H3;5-8,13-14H,4,9-12H2,1-3H3. The van der Waals surface area contributed by atoms with Crippen molar-refractivity contribution in [3.8, 4) is 0 Å². The van der Waals surface area contributed by atoms with E-state index in [1.165, 1.54) is 80.3 Å². The number of hydrogen-bond donors (Lipinski definition) is 0. The molecule has 0 spiro atoms. The first kappa shape index (κ1) is 77.0. The minimum Gasteiger partial charge on any atom is -0.462 e. The van der Waals surface area contributed by atoms with Gasteiger partial charge in [0, 0.05) is 107 Å². The Morgan fingerprint density at radius 3 is 1.03 bits per heavy atom. The minimum absolute atomic E-state index is 0.0133. The lowest BCUT2D eigenvalue weighted by atomic mass is 10.0. The highest BCUT2D eigenvalue weighted by molar-refractivity contribution is 7.12. The van der Waals surface area contributed by atoms with Crippen LogP contribution in [0.5, 0.6) is 0 Å². The van der Waals surface area contributed by atoms with Crippen molar-refractivity contribution in [3.63, 3.8) is 0 Å². The van der Waals surface area contributed by atoms with Crippen LogP contribution in [0.1, 0.15) is 109 Å². The number of halogens is 3. The molecule has 564 valence electrons. The van der Waals surface area contributed by atoms with Gasteiger partial charge in [-0.3, -0.25) is 28.8 Å². The molecule has 8 heterocycles. The number of rotatable bonds is 16. The van der Waals surface area contributed by atoms with Gasteiger partial charge >= 0.3 is 17.9 Å². The van der Waals surface area contributed by atoms with Gasteiger partial charge in [0.2, 0.25) is 0 Å². The highest BCUT2D eigenvalue weighted by atomic mass is 32.1. The fraction of sp³-hybridized carbons (Fsp3) is 0.289. The Kier molecular flexibility index (Phi) is 24.1. The molecule has 3 amide bonds. The maximum atomic E-state index is 14.0. The zero-order chi connectivity index (χ0) is 77.3. The van der Waals surface area contributed by atoms with Gasteiger partial charge in [-0.2, -0.15) is 0 Å². The van der Waals surface area contributed by atoms with Crippen molar-refractivity contribution in [2.24, 2.45) is 7.05 Å². The topological polar surface area (TPSA) is 216 Å². The zero-order valence-corrected chi connectivity index (χ0v) is 63.1. The monoisotopic (exact) mass is 1520 g/mol. The van der Waals surface area contributed by atoms with Crippen LogP contribution in [0.25, 0.3) is 32.7 Å². The average Bonchev–Trinajstić information content (AvgIpc) is 1.24. The van der Waals surface area contributed by atoms with Gasteiger partial charge < -0.3 is 57.3 Å². The van der Waals surface area contributed by atoms with Crippen LogP contribution in [0.4, 0.5) is 30.2 Å². The molecule has 14 rings (SSSR count). The molecule has 26 heteroatoms. The van der Waals surface area contributed by atoms with E-state index >= 15 is 0 Å². The number of hydrogen-bond acceptors (Lipinski definition) is 17. The molecule has 3 aliphatic heterocycles. The molecular formula is C83H82F3N9O12S2. The largest absolute Gasteiger partial charge is 0.462 e. The van der Waals surface area contributed by atoms with E-state index in [9.17, 15) is 56.3 Å². The van der Waals surface area contributed by atoms with E-state index in [2.05, 4.69) is 0 Å². The summed E-state index contributed by atoms with van der Waals surface area (Å²) in [6.07, 6.45) is 0. The molecule has 6 aromatic carbocycles. The molecular weight excluding hydrogens is 1440 g/mol. The second-order valence-electron chi connectivity index (χ2n) is 26.6. The lowest BCUT2D eigenvalue weighted by Gasteiger charge is -2.37. The number of carbonyl (C=O) groups is 6. The maximum Gasteiger partial charge on any atom is 0.345 e. The molecule has 0 radical (unpaired) electrons. The molecule has 0 N–H and O–H groups in total. The van der Waals surface area contributed by atoms with E-state index < -0.39 is 34.8 Å². The first-order valence-corrected chi connectivity index (χ1v) is 37.7. The number of benzene rings is 6. The van der Waals surface area contributed by atoms with Crippen LogP contribution in [-0.4, -0.2) is 162 Å². The number of esters is 3. The first-order valence-electron chi connectivity index (χ1n) is 36.0. The summed E-state index contributed by atoms with van der Waals surface area (Å²) in [5, 5.41) is 6.08. The Labute approximate surface area is 634 Å². The van der Waals surface area contributed by atoms with Crippen molar-refractivity contribution in [1.29, 1.82) is 0 Å². The summed E-state index contributed by atoms with van der Waals surface area (Å²) in [4.78, 5) is 132. The molecule has 0 saturated carbocycles. The number of aryl methyl sites for hydroxylation is 4. The van der Waals surface area contributed by atoms with Crippen LogP contribution < -0.4 is 31.4 Å². The van der Waals surface area contributed by atoms with E-state index in [0.717, 1.165) is 43.4 Å². The number of amides is 3. The summed E-state index contributed by atoms with van der Waals surface area (Å²) in [7, 11) is 1.67. The number of ether oxygens (including phenoxy) is 3. The van der Waals surface area contributed by atoms with Gasteiger partial charge in [-0.05, 0) is 160 Å². The van der Waals surface area contributed by atoms with Crippen LogP contribution in [-0.2, 0) is 34.3 Å². The fourth-order valence-corrected chi connectivity index (χ4v) is 15.4. The predicted octanol–water partition coefficient (Wildman–Crippen LogP) is 12.5. The Hall–Kier alpha value is -11.6. The predicted molar refractivity (Wildman–Crippen MR) is 418 cm³/mol. The molecule has 109 heavy (non-hydrogen) atoms. The van der Waals surface area contributed by atoms with E-state index in [-0.39, 0.29) is 84.5 Å². The van der Waals surface area contributed by atoms with Crippen molar-refractivity contribution >= 4 is 108 Å².